The molecule has 1 aromatic carbocycles. The van der Waals surface area contributed by atoms with Crippen LogP contribution in [-0.4, -0.2) is 48.2 Å². The number of methoxy groups -OCH3 is 1. The minimum Gasteiger partial charge on any atom is -0.497 e. The maximum atomic E-state index is 13.4. The monoisotopic (exact) mass is 451 g/mol. The second-order valence-corrected chi connectivity index (χ2v) is 10.1. The van der Waals surface area contributed by atoms with Gasteiger partial charge in [-0.1, -0.05) is 26.0 Å². The molecule has 0 unspecified atom stereocenters. The number of Topliss-reactive ketones (excluding diaryl/α,β-unsaturated/α-hetero) is 1. The zero-order chi connectivity index (χ0) is 23.4. The molecule has 33 heavy (non-hydrogen) atoms. The Morgan fingerprint density at radius 1 is 1.00 bits per heavy atom. The third-order valence-corrected chi connectivity index (χ3v) is 7.73. The number of likely N-dealkylation sites (tertiary alicyclic amines) is 1. The van der Waals surface area contributed by atoms with Crippen LogP contribution < -0.4 is 4.74 Å². The summed E-state index contributed by atoms with van der Waals surface area (Å²) in [6.07, 6.45) is 5.61. The molecule has 2 amide bonds. The summed E-state index contributed by atoms with van der Waals surface area (Å²) in [5.41, 5.74) is 0.394. The van der Waals surface area contributed by atoms with Crippen LogP contribution in [0.1, 0.15) is 37.0 Å². The third kappa shape index (κ3) is 3.58. The lowest BCUT2D eigenvalue weighted by molar-refractivity contribution is -0.159. The van der Waals surface area contributed by atoms with E-state index in [0.717, 1.165) is 6.42 Å². The maximum Gasteiger partial charge on any atom is 0.329 e. The highest BCUT2D eigenvalue weighted by atomic mass is 16.5. The van der Waals surface area contributed by atoms with Gasteiger partial charge in [0.05, 0.1) is 18.9 Å². The molecule has 6 rings (SSSR count). The largest absolute Gasteiger partial charge is 0.497 e. The predicted molar refractivity (Wildman–Crippen MR) is 118 cm³/mol. The summed E-state index contributed by atoms with van der Waals surface area (Å²) >= 11 is 0. The van der Waals surface area contributed by atoms with Crippen molar-refractivity contribution in [2.45, 2.75) is 32.7 Å². The number of ether oxygens (including phenoxy) is 2. The van der Waals surface area contributed by atoms with Gasteiger partial charge in [-0.3, -0.25) is 19.3 Å². The smallest absolute Gasteiger partial charge is 0.329 e. The molecule has 7 heteroatoms. The number of amides is 2. The van der Waals surface area contributed by atoms with Gasteiger partial charge < -0.3 is 9.47 Å². The van der Waals surface area contributed by atoms with E-state index >= 15 is 0 Å². The molecule has 0 radical (unpaired) electrons. The van der Waals surface area contributed by atoms with Crippen molar-refractivity contribution in [1.29, 1.82) is 0 Å². The summed E-state index contributed by atoms with van der Waals surface area (Å²) in [5.74, 6) is -0.415. The topological polar surface area (TPSA) is 90.0 Å². The molecule has 174 valence electrons. The van der Waals surface area contributed by atoms with E-state index in [1.165, 1.54) is 12.0 Å². The second kappa shape index (κ2) is 8.12. The Hall–Kier alpha value is -2.96. The molecule has 3 fully saturated rings. The van der Waals surface area contributed by atoms with Gasteiger partial charge in [-0.2, -0.15) is 0 Å². The van der Waals surface area contributed by atoms with Gasteiger partial charge in [0.15, 0.2) is 12.4 Å². The minimum absolute atomic E-state index is 0.0614. The van der Waals surface area contributed by atoms with Crippen molar-refractivity contribution >= 4 is 23.6 Å². The molecule has 0 N–H and O–H groups in total. The van der Waals surface area contributed by atoms with Gasteiger partial charge in [0.25, 0.3) is 0 Å². The van der Waals surface area contributed by atoms with Crippen molar-refractivity contribution in [2.24, 2.45) is 41.4 Å². The lowest BCUT2D eigenvalue weighted by Gasteiger charge is -2.37. The highest BCUT2D eigenvalue weighted by molar-refractivity contribution is 6.09. The van der Waals surface area contributed by atoms with Crippen LogP contribution >= 0.6 is 0 Å². The van der Waals surface area contributed by atoms with Gasteiger partial charge in [0, 0.05) is 5.56 Å². The van der Waals surface area contributed by atoms with Crippen LogP contribution in [0.5, 0.6) is 5.75 Å². The molecule has 0 spiro atoms. The van der Waals surface area contributed by atoms with Gasteiger partial charge in [-0.15, -0.1) is 0 Å². The Morgan fingerprint density at radius 3 is 2.09 bits per heavy atom. The number of imide groups is 1. The van der Waals surface area contributed by atoms with Crippen LogP contribution in [0.2, 0.25) is 0 Å². The lowest BCUT2D eigenvalue weighted by Crippen LogP contribution is -2.47. The van der Waals surface area contributed by atoms with Gasteiger partial charge in [-0.25, -0.2) is 4.79 Å². The Morgan fingerprint density at radius 2 is 1.58 bits per heavy atom. The quantitative estimate of drug-likeness (QED) is 0.261. The Bertz CT molecular complexity index is 992. The SMILES string of the molecule is COc1ccc(C(=O)COC(=O)[C@H](CC(C)C)N2C(=O)[C@@H]3[C@H]4C=C[C@@H]([C@@H]5C[C@@H]45)[C@H]3C2=O)cc1. The molecule has 7 atom stereocenters. The first kappa shape index (κ1) is 21.9. The van der Waals surface area contributed by atoms with Crippen molar-refractivity contribution in [3.8, 4) is 5.75 Å². The van der Waals surface area contributed by atoms with E-state index in [9.17, 15) is 19.2 Å². The number of ketones is 1. The van der Waals surface area contributed by atoms with Crippen LogP contribution in [0, 0.1) is 41.4 Å². The van der Waals surface area contributed by atoms with E-state index in [0.29, 0.717) is 29.6 Å². The molecule has 1 aliphatic heterocycles. The molecular formula is C26H29NO6. The molecular weight excluding hydrogens is 422 g/mol. The number of carbonyl (C=O) groups is 4. The van der Waals surface area contributed by atoms with Crippen molar-refractivity contribution in [2.75, 3.05) is 13.7 Å². The molecule has 1 heterocycles. The van der Waals surface area contributed by atoms with Crippen LogP contribution in [0.15, 0.2) is 36.4 Å². The summed E-state index contributed by atoms with van der Waals surface area (Å²) in [5, 5.41) is 0. The van der Waals surface area contributed by atoms with Crippen LogP contribution in [0.25, 0.3) is 0 Å². The van der Waals surface area contributed by atoms with Crippen molar-refractivity contribution in [3.63, 3.8) is 0 Å². The molecule has 5 aliphatic rings. The zero-order valence-electron chi connectivity index (χ0n) is 19.1. The van der Waals surface area contributed by atoms with Crippen molar-refractivity contribution in [3.05, 3.63) is 42.0 Å². The molecule has 2 bridgehead atoms. The molecule has 0 aromatic heterocycles. The summed E-state index contributed by atoms with van der Waals surface area (Å²) in [6, 6.07) is 5.52. The van der Waals surface area contributed by atoms with Crippen molar-refractivity contribution < 1.29 is 28.7 Å². The highest BCUT2D eigenvalue weighted by Gasteiger charge is 2.68. The fourth-order valence-corrected chi connectivity index (χ4v) is 6.13. The van der Waals surface area contributed by atoms with Crippen molar-refractivity contribution in [1.82, 2.24) is 4.90 Å². The molecule has 1 saturated heterocycles. The number of nitrogens with zero attached hydrogens (tertiary/aromatic N) is 1. The Kier molecular flexibility index (Phi) is 5.38. The second-order valence-electron chi connectivity index (χ2n) is 10.1. The first-order chi connectivity index (χ1) is 15.8. The molecule has 2 saturated carbocycles. The van der Waals surface area contributed by atoms with Gasteiger partial charge in [0.2, 0.25) is 11.8 Å². The first-order valence-corrected chi connectivity index (χ1v) is 11.7. The average Bonchev–Trinajstić information content (AvgIpc) is 3.59. The number of allylic oxidation sites excluding steroid dienone is 2. The number of benzene rings is 1. The number of hydrogen-bond donors (Lipinski definition) is 0. The number of hydrogen-bond acceptors (Lipinski definition) is 6. The fraction of sp³-hybridized carbons (Fsp3) is 0.538. The van der Waals surface area contributed by atoms with Gasteiger partial charge >= 0.3 is 5.97 Å². The average molecular weight is 452 g/mol. The fourth-order valence-electron chi connectivity index (χ4n) is 6.13. The number of rotatable bonds is 8. The van der Waals surface area contributed by atoms with Crippen LogP contribution in [0.4, 0.5) is 0 Å². The van der Waals surface area contributed by atoms with E-state index in [1.807, 2.05) is 13.8 Å². The van der Waals surface area contributed by atoms with E-state index < -0.39 is 18.6 Å². The molecule has 4 aliphatic carbocycles. The zero-order valence-corrected chi connectivity index (χ0v) is 19.1. The van der Waals surface area contributed by atoms with Crippen LogP contribution in [-0.2, 0) is 19.1 Å². The van der Waals surface area contributed by atoms with E-state index in [1.54, 1.807) is 24.3 Å². The minimum atomic E-state index is -1.00. The van der Waals surface area contributed by atoms with E-state index in [-0.39, 0.29) is 47.2 Å². The maximum absolute atomic E-state index is 13.4. The van der Waals surface area contributed by atoms with Crippen LogP contribution in [0.3, 0.4) is 0 Å². The standard InChI is InChI=1S/C26H29NO6/c1-13(2)10-20(26(31)33-12-21(28)14-4-6-15(32-3)7-5-14)27-24(29)22-16-8-9-17(19-11-18(16)19)23(22)25(27)30/h4-9,13,16-20,22-23H,10-12H2,1-3H3/t16-,17-,18-,19-,20-,22+,23+/m0/s1. The van der Waals surface area contributed by atoms with Gasteiger partial charge in [-0.05, 0) is 66.7 Å². The summed E-state index contributed by atoms with van der Waals surface area (Å²) in [6.45, 7) is 3.42. The third-order valence-electron chi connectivity index (χ3n) is 7.73. The molecule has 1 aromatic rings. The number of carbonyl (C=O) groups excluding carboxylic acids is 4. The Balaban J connectivity index is 1.31. The molecule has 7 nitrogen and oxygen atoms in total. The normalized spacial score (nSPS) is 31.9. The van der Waals surface area contributed by atoms with E-state index in [2.05, 4.69) is 12.2 Å². The van der Waals surface area contributed by atoms with Gasteiger partial charge in [0.1, 0.15) is 11.8 Å². The lowest BCUT2D eigenvalue weighted by atomic mass is 9.63. The summed E-state index contributed by atoms with van der Waals surface area (Å²) < 4.78 is 10.4. The van der Waals surface area contributed by atoms with E-state index in [4.69, 9.17) is 9.47 Å². The summed E-state index contributed by atoms with van der Waals surface area (Å²) in [7, 11) is 1.54. The Labute approximate surface area is 193 Å². The first-order valence-electron chi connectivity index (χ1n) is 11.7. The predicted octanol–water partition coefficient (Wildman–Crippen LogP) is 2.89. The summed E-state index contributed by atoms with van der Waals surface area (Å²) in [4.78, 5) is 53.7. The number of esters is 1. The highest BCUT2D eigenvalue weighted by Crippen LogP contribution is 2.65.